The quantitative estimate of drug-likeness (QED) is 0.177. The first kappa shape index (κ1) is 35.3. The molecule has 262 valence electrons. The largest absolute Gasteiger partial charge is 0.505 e. The van der Waals surface area contributed by atoms with Crippen LogP contribution in [0.3, 0.4) is 0 Å². The molecular weight excluding hydrogens is 645 g/mol. The Morgan fingerprint density at radius 1 is 1.10 bits per heavy atom. The number of hydrogen-bond acceptors (Lipinski definition) is 8. The van der Waals surface area contributed by atoms with Gasteiger partial charge in [-0.15, -0.1) is 11.8 Å². The van der Waals surface area contributed by atoms with E-state index in [1.165, 1.54) is 17.8 Å². The first-order chi connectivity index (χ1) is 23.4. The summed E-state index contributed by atoms with van der Waals surface area (Å²) >= 11 is 1.51. The lowest BCUT2D eigenvalue weighted by Gasteiger charge is -2.43. The molecule has 2 fully saturated rings. The molecule has 1 aliphatic carbocycles. The minimum absolute atomic E-state index is 0.0268. The number of halogens is 1. The number of fused-ring (bicyclic) bond motifs is 1. The summed E-state index contributed by atoms with van der Waals surface area (Å²) in [6.45, 7) is 7.47. The topological polar surface area (TPSA) is 103 Å². The van der Waals surface area contributed by atoms with E-state index in [9.17, 15) is 24.2 Å². The molecular formula is C38H46FN3O6S. The van der Waals surface area contributed by atoms with Crippen LogP contribution < -0.4 is 9.80 Å². The van der Waals surface area contributed by atoms with Crippen LogP contribution in [0.4, 0.5) is 15.8 Å². The number of methoxy groups -OCH3 is 1. The van der Waals surface area contributed by atoms with Gasteiger partial charge < -0.3 is 29.5 Å². The van der Waals surface area contributed by atoms with Gasteiger partial charge >= 0.3 is 0 Å². The van der Waals surface area contributed by atoms with Crippen molar-refractivity contribution >= 4 is 35.0 Å². The average molecular weight is 692 g/mol. The molecule has 1 saturated carbocycles. The van der Waals surface area contributed by atoms with E-state index < -0.39 is 29.5 Å². The lowest BCUT2D eigenvalue weighted by Crippen LogP contribution is -2.53. The van der Waals surface area contributed by atoms with E-state index >= 15 is 0 Å². The van der Waals surface area contributed by atoms with E-state index in [1.54, 1.807) is 30.2 Å². The molecule has 1 saturated heterocycles. The predicted octanol–water partition coefficient (Wildman–Crippen LogP) is 6.37. The maximum absolute atomic E-state index is 15.0. The second kappa shape index (κ2) is 14.8. The second-order valence-corrected chi connectivity index (χ2v) is 15.1. The first-order valence-corrected chi connectivity index (χ1v) is 18.0. The van der Waals surface area contributed by atoms with Crippen LogP contribution in [-0.4, -0.2) is 84.1 Å². The molecule has 3 atom stereocenters. The number of ether oxygens (including phenoxy) is 2. The summed E-state index contributed by atoms with van der Waals surface area (Å²) in [5, 5.41) is 21.2. The highest BCUT2D eigenvalue weighted by Gasteiger charge is 2.44. The molecule has 2 N–H and O–H groups in total. The van der Waals surface area contributed by atoms with Crippen LogP contribution in [0.5, 0.6) is 5.75 Å². The number of rotatable bonds is 11. The summed E-state index contributed by atoms with van der Waals surface area (Å²) in [5.41, 5.74) is 2.74. The summed E-state index contributed by atoms with van der Waals surface area (Å²) in [5.74, 6) is -1.54. The van der Waals surface area contributed by atoms with Crippen molar-refractivity contribution in [1.29, 1.82) is 0 Å². The Morgan fingerprint density at radius 2 is 1.88 bits per heavy atom. The zero-order chi connectivity index (χ0) is 34.9. The number of carbonyl (C=O) groups is 2. The van der Waals surface area contributed by atoms with Gasteiger partial charge in [-0.05, 0) is 87.8 Å². The van der Waals surface area contributed by atoms with Crippen LogP contribution in [0.2, 0.25) is 0 Å². The number of phenolic OH excluding ortho intramolecular Hbond substituents is 1. The Balaban J connectivity index is 1.36. The molecule has 2 aliphatic heterocycles. The van der Waals surface area contributed by atoms with E-state index in [-0.39, 0.29) is 35.9 Å². The monoisotopic (exact) mass is 691 g/mol. The van der Waals surface area contributed by atoms with Crippen LogP contribution in [0.1, 0.15) is 57.9 Å². The van der Waals surface area contributed by atoms with Gasteiger partial charge in [0, 0.05) is 55.5 Å². The minimum atomic E-state index is -1.19. The van der Waals surface area contributed by atoms with Gasteiger partial charge in [-0.1, -0.05) is 36.4 Å². The second-order valence-electron chi connectivity index (χ2n) is 14.1. The maximum atomic E-state index is 15.0. The van der Waals surface area contributed by atoms with Gasteiger partial charge in [0.15, 0.2) is 11.6 Å². The fourth-order valence-electron chi connectivity index (χ4n) is 6.88. The molecule has 2 heterocycles. The highest BCUT2D eigenvalue weighted by atomic mass is 32.2. The van der Waals surface area contributed by atoms with Gasteiger partial charge in [0.05, 0.1) is 23.0 Å². The van der Waals surface area contributed by atoms with Crippen molar-refractivity contribution in [2.45, 2.75) is 75.3 Å². The highest BCUT2D eigenvalue weighted by molar-refractivity contribution is 8.00. The van der Waals surface area contributed by atoms with Crippen LogP contribution >= 0.6 is 11.8 Å². The number of piperidine rings is 1. The Kier molecular flexibility index (Phi) is 10.7. The Morgan fingerprint density at radius 3 is 2.61 bits per heavy atom. The average Bonchev–Trinajstić information content (AvgIpc) is 3.91. The van der Waals surface area contributed by atoms with Crippen molar-refractivity contribution in [3.8, 4) is 16.9 Å². The number of aliphatic hydroxyl groups excluding tert-OH is 1. The van der Waals surface area contributed by atoms with Gasteiger partial charge in [0.25, 0.3) is 0 Å². The smallest absolute Gasteiger partial charge is 0.237 e. The van der Waals surface area contributed by atoms with Crippen molar-refractivity contribution < 1.29 is 33.7 Å². The van der Waals surface area contributed by atoms with Crippen LogP contribution in [0, 0.1) is 11.7 Å². The molecule has 11 heteroatoms. The third kappa shape index (κ3) is 7.97. The molecule has 1 unspecified atom stereocenters. The number of carbonyl (C=O) groups excluding carboxylic acids is 2. The number of benzene rings is 3. The van der Waals surface area contributed by atoms with Crippen LogP contribution in [0.15, 0.2) is 65.6 Å². The molecule has 3 aromatic carbocycles. The predicted molar refractivity (Wildman–Crippen MR) is 189 cm³/mol. The van der Waals surface area contributed by atoms with Gasteiger partial charge in [-0.2, -0.15) is 0 Å². The molecule has 2 amide bonds. The SMILES string of the molecule is COCCCN1C(=O)CSc2ccc(N(C(=O)[C@H]3CN(C(O)OC(C)(C)C)CC[C@@H]3c3cccc(-c4cccc(O)c4F)c3)C3CC3)cc21. The number of thioether (sulfide) groups is 1. The number of nitrogens with zero attached hydrogens (tertiary/aromatic N) is 3. The lowest BCUT2D eigenvalue weighted by molar-refractivity contribution is -0.245. The first-order valence-electron chi connectivity index (χ1n) is 17.0. The standard InChI is InChI=1S/C38H46FN3O6S/c1-38(2,3)48-37(46)40-18-16-28(24-8-5-9-25(20-24)29-10-6-11-32(43)35(29)39)30(22-40)36(45)42(26-12-13-26)27-14-15-33-31(21-27)41(17-7-19-47-4)34(44)23-49-33/h5-6,8-11,14-15,20-21,26,28,30,37,43,46H,7,12-13,16-19,22-23H2,1-4H3/t28-,30+,37?/m1/s1. The Hall–Kier alpha value is -3.48. The molecule has 0 spiro atoms. The maximum Gasteiger partial charge on any atom is 0.237 e. The molecule has 0 bridgehead atoms. The molecule has 0 radical (unpaired) electrons. The van der Waals surface area contributed by atoms with Gasteiger partial charge in [0.1, 0.15) is 0 Å². The summed E-state index contributed by atoms with van der Waals surface area (Å²) in [4.78, 5) is 34.5. The molecule has 0 aromatic heterocycles. The van der Waals surface area contributed by atoms with Crippen molar-refractivity contribution in [1.82, 2.24) is 4.90 Å². The normalized spacial score (nSPS) is 20.6. The molecule has 9 nitrogen and oxygen atoms in total. The molecule has 6 rings (SSSR count). The van der Waals surface area contributed by atoms with Crippen LogP contribution in [-0.2, 0) is 19.1 Å². The van der Waals surface area contributed by atoms with E-state index in [0.29, 0.717) is 43.9 Å². The summed E-state index contributed by atoms with van der Waals surface area (Å²) in [6, 6.07) is 18.1. The number of aromatic hydroxyl groups is 1. The number of phenols is 1. The number of likely N-dealkylation sites (tertiary alicyclic amines) is 1. The van der Waals surface area contributed by atoms with E-state index in [4.69, 9.17) is 9.47 Å². The van der Waals surface area contributed by atoms with Gasteiger partial charge in [-0.25, -0.2) is 4.39 Å². The number of hydrogen-bond donors (Lipinski definition) is 2. The fraction of sp³-hybridized carbons (Fsp3) is 0.474. The van der Waals surface area contributed by atoms with Gasteiger partial charge in [-0.3, -0.25) is 14.5 Å². The minimum Gasteiger partial charge on any atom is -0.505 e. The van der Waals surface area contributed by atoms with Crippen molar-refractivity contribution in [2.24, 2.45) is 5.92 Å². The summed E-state index contributed by atoms with van der Waals surface area (Å²) in [6.07, 6.45) is 1.82. The van der Waals surface area contributed by atoms with E-state index in [1.807, 2.05) is 67.0 Å². The van der Waals surface area contributed by atoms with Crippen molar-refractivity contribution in [2.75, 3.05) is 48.9 Å². The zero-order valence-corrected chi connectivity index (χ0v) is 29.4. The Bertz CT molecular complexity index is 1680. The summed E-state index contributed by atoms with van der Waals surface area (Å²) < 4.78 is 26.2. The fourth-order valence-corrected chi connectivity index (χ4v) is 7.80. The number of aliphatic hydroxyl groups is 1. The third-order valence-electron chi connectivity index (χ3n) is 9.38. The molecule has 3 aliphatic rings. The number of anilines is 2. The molecule has 3 aromatic rings. The van der Waals surface area contributed by atoms with E-state index in [0.717, 1.165) is 34.7 Å². The van der Waals surface area contributed by atoms with E-state index in [2.05, 4.69) is 0 Å². The molecule has 49 heavy (non-hydrogen) atoms. The third-order valence-corrected chi connectivity index (χ3v) is 10.4. The van der Waals surface area contributed by atoms with Crippen molar-refractivity contribution in [3.63, 3.8) is 0 Å². The summed E-state index contributed by atoms with van der Waals surface area (Å²) in [7, 11) is 1.65. The Labute approximate surface area is 292 Å². The zero-order valence-electron chi connectivity index (χ0n) is 28.6. The van der Waals surface area contributed by atoms with Crippen molar-refractivity contribution in [3.05, 3.63) is 72.0 Å². The lowest BCUT2D eigenvalue weighted by atomic mass is 9.78. The number of amides is 2. The highest BCUT2D eigenvalue weighted by Crippen LogP contribution is 2.44. The van der Waals surface area contributed by atoms with Crippen LogP contribution in [0.25, 0.3) is 11.1 Å². The van der Waals surface area contributed by atoms with Gasteiger partial charge in [0.2, 0.25) is 18.2 Å².